The molecule has 2 heterocycles. The van der Waals surface area contributed by atoms with Gasteiger partial charge in [0.2, 0.25) is 0 Å². The van der Waals surface area contributed by atoms with Gasteiger partial charge in [-0.3, -0.25) is 14.4 Å². The highest BCUT2D eigenvalue weighted by Crippen LogP contribution is 2.29. The zero-order valence-corrected chi connectivity index (χ0v) is 15.9. The first kappa shape index (κ1) is 19.3. The lowest BCUT2D eigenvalue weighted by molar-refractivity contribution is -0.158. The summed E-state index contributed by atoms with van der Waals surface area (Å²) in [7, 11) is -4.08. The summed E-state index contributed by atoms with van der Waals surface area (Å²) < 4.78 is 30.5. The van der Waals surface area contributed by atoms with Gasteiger partial charge in [0.25, 0.3) is 21.8 Å². The zero-order valence-electron chi connectivity index (χ0n) is 15.1. The predicted octanol–water partition coefficient (Wildman–Crippen LogP) is 1.17. The lowest BCUT2D eigenvalue weighted by Gasteiger charge is -2.24. The van der Waals surface area contributed by atoms with Gasteiger partial charge in [0.15, 0.2) is 6.10 Å². The van der Waals surface area contributed by atoms with Gasteiger partial charge in [-0.1, -0.05) is 25.0 Å². The van der Waals surface area contributed by atoms with Crippen LogP contribution in [0.4, 0.5) is 0 Å². The third-order valence-electron chi connectivity index (χ3n) is 4.76. The SMILES string of the molecule is C[C@H](OC(=O)CN1C(=O)c2ccccc2S1(=O)=O)C(=O)N1CCCCCC1. The largest absolute Gasteiger partial charge is 0.451 e. The molecule has 1 saturated heterocycles. The van der Waals surface area contributed by atoms with Crippen LogP contribution < -0.4 is 0 Å². The van der Waals surface area contributed by atoms with Gasteiger partial charge in [0.1, 0.15) is 11.4 Å². The van der Waals surface area contributed by atoms with Crippen molar-refractivity contribution in [3.8, 4) is 0 Å². The third-order valence-corrected chi connectivity index (χ3v) is 6.55. The molecule has 0 spiro atoms. The summed E-state index contributed by atoms with van der Waals surface area (Å²) in [6.45, 7) is 1.94. The summed E-state index contributed by atoms with van der Waals surface area (Å²) >= 11 is 0. The molecular formula is C18H22N2O6S. The van der Waals surface area contributed by atoms with Crippen molar-refractivity contribution in [3.63, 3.8) is 0 Å². The fourth-order valence-corrected chi connectivity index (χ4v) is 4.85. The summed E-state index contributed by atoms with van der Waals surface area (Å²) in [5.41, 5.74) is 0.0268. The topological polar surface area (TPSA) is 101 Å². The highest BCUT2D eigenvalue weighted by Gasteiger charge is 2.42. The molecule has 3 rings (SSSR count). The number of nitrogens with zero attached hydrogens (tertiary/aromatic N) is 2. The standard InChI is InChI=1S/C18H22N2O6S/c1-13(17(22)19-10-6-2-3-7-11-19)26-16(21)12-20-18(23)14-8-4-5-9-15(14)27(20,24)25/h4-5,8-9,13H,2-3,6-7,10-12H2,1H3/t13-/m0/s1. The van der Waals surface area contributed by atoms with E-state index in [-0.39, 0.29) is 16.4 Å². The van der Waals surface area contributed by atoms with E-state index in [1.165, 1.54) is 25.1 Å². The van der Waals surface area contributed by atoms with Crippen molar-refractivity contribution in [3.05, 3.63) is 29.8 Å². The monoisotopic (exact) mass is 394 g/mol. The third kappa shape index (κ3) is 3.83. The van der Waals surface area contributed by atoms with E-state index >= 15 is 0 Å². The van der Waals surface area contributed by atoms with Gasteiger partial charge < -0.3 is 9.64 Å². The molecule has 9 heteroatoms. The van der Waals surface area contributed by atoms with Crippen LogP contribution in [0.1, 0.15) is 43.0 Å². The van der Waals surface area contributed by atoms with E-state index in [2.05, 4.69) is 0 Å². The molecule has 0 unspecified atom stereocenters. The molecular weight excluding hydrogens is 372 g/mol. The number of benzene rings is 1. The Morgan fingerprint density at radius 2 is 1.74 bits per heavy atom. The fourth-order valence-electron chi connectivity index (χ4n) is 3.34. The molecule has 0 N–H and O–H groups in total. The molecule has 1 atom stereocenters. The molecule has 8 nitrogen and oxygen atoms in total. The molecule has 0 bridgehead atoms. The van der Waals surface area contributed by atoms with E-state index in [0.717, 1.165) is 25.7 Å². The van der Waals surface area contributed by atoms with E-state index < -0.39 is 34.5 Å². The van der Waals surface area contributed by atoms with Crippen molar-refractivity contribution >= 4 is 27.8 Å². The fraction of sp³-hybridized carbons (Fsp3) is 0.500. The van der Waals surface area contributed by atoms with Gasteiger partial charge in [-0.05, 0) is 31.9 Å². The number of likely N-dealkylation sites (tertiary alicyclic amines) is 1. The van der Waals surface area contributed by atoms with Crippen molar-refractivity contribution in [2.75, 3.05) is 19.6 Å². The number of hydrogen-bond acceptors (Lipinski definition) is 6. The van der Waals surface area contributed by atoms with Crippen LogP contribution >= 0.6 is 0 Å². The number of sulfonamides is 1. The molecule has 27 heavy (non-hydrogen) atoms. The maximum atomic E-state index is 12.5. The van der Waals surface area contributed by atoms with Gasteiger partial charge in [0.05, 0.1) is 5.56 Å². The number of hydrogen-bond donors (Lipinski definition) is 0. The van der Waals surface area contributed by atoms with Crippen LogP contribution in [0.2, 0.25) is 0 Å². The molecule has 0 aromatic heterocycles. The lowest BCUT2D eigenvalue weighted by Crippen LogP contribution is -2.42. The molecule has 1 fully saturated rings. The Bertz CT molecular complexity index is 858. The van der Waals surface area contributed by atoms with Gasteiger partial charge >= 0.3 is 5.97 Å². The summed E-state index contributed by atoms with van der Waals surface area (Å²) in [4.78, 5) is 38.5. The van der Waals surface area contributed by atoms with Crippen LogP contribution in [0.3, 0.4) is 0 Å². The molecule has 2 amide bonds. The molecule has 1 aromatic carbocycles. The Labute approximate surface area is 158 Å². The Balaban J connectivity index is 1.64. The highest BCUT2D eigenvalue weighted by atomic mass is 32.2. The number of ether oxygens (including phenoxy) is 1. The second kappa shape index (κ2) is 7.67. The molecule has 0 saturated carbocycles. The first-order chi connectivity index (χ1) is 12.8. The Kier molecular flexibility index (Phi) is 5.50. The van der Waals surface area contributed by atoms with Gasteiger partial charge in [0, 0.05) is 13.1 Å². The maximum absolute atomic E-state index is 12.5. The predicted molar refractivity (Wildman–Crippen MR) is 95.3 cm³/mol. The first-order valence-corrected chi connectivity index (χ1v) is 10.4. The first-order valence-electron chi connectivity index (χ1n) is 8.97. The van der Waals surface area contributed by atoms with Crippen LogP contribution in [-0.4, -0.2) is 61.1 Å². The quantitative estimate of drug-likeness (QED) is 0.711. The molecule has 0 radical (unpaired) electrons. The highest BCUT2D eigenvalue weighted by molar-refractivity contribution is 7.90. The second-order valence-corrected chi connectivity index (χ2v) is 8.52. The van der Waals surface area contributed by atoms with Crippen molar-refractivity contribution in [2.45, 2.75) is 43.6 Å². The number of rotatable bonds is 4. The molecule has 2 aliphatic heterocycles. The van der Waals surface area contributed by atoms with Crippen molar-refractivity contribution in [2.24, 2.45) is 0 Å². The minimum Gasteiger partial charge on any atom is -0.451 e. The van der Waals surface area contributed by atoms with Crippen LogP contribution in [0.25, 0.3) is 0 Å². The lowest BCUT2D eigenvalue weighted by atomic mass is 10.2. The molecule has 2 aliphatic rings. The van der Waals surface area contributed by atoms with E-state index in [1.54, 1.807) is 11.0 Å². The minimum atomic E-state index is -4.08. The summed E-state index contributed by atoms with van der Waals surface area (Å²) in [5.74, 6) is -2.01. The second-order valence-electron chi connectivity index (χ2n) is 6.68. The van der Waals surface area contributed by atoms with Gasteiger partial charge in [-0.15, -0.1) is 0 Å². The number of carbonyl (C=O) groups excluding carboxylic acids is 3. The summed E-state index contributed by atoms with van der Waals surface area (Å²) in [6, 6.07) is 5.77. The summed E-state index contributed by atoms with van der Waals surface area (Å²) in [5, 5.41) is 0. The average Bonchev–Trinajstić information content (AvgIpc) is 2.86. The van der Waals surface area contributed by atoms with E-state index in [4.69, 9.17) is 4.74 Å². The van der Waals surface area contributed by atoms with Crippen LogP contribution in [0.5, 0.6) is 0 Å². The minimum absolute atomic E-state index is 0.0268. The van der Waals surface area contributed by atoms with Gasteiger partial charge in [-0.2, -0.15) is 0 Å². The van der Waals surface area contributed by atoms with Crippen molar-refractivity contribution < 1.29 is 27.5 Å². The summed E-state index contributed by atoms with van der Waals surface area (Å²) in [6.07, 6.45) is 2.91. The number of esters is 1. The van der Waals surface area contributed by atoms with Crippen LogP contribution in [0, 0.1) is 0 Å². The molecule has 1 aromatic rings. The Morgan fingerprint density at radius 3 is 2.37 bits per heavy atom. The van der Waals surface area contributed by atoms with Crippen LogP contribution in [0.15, 0.2) is 29.2 Å². The van der Waals surface area contributed by atoms with Gasteiger partial charge in [-0.25, -0.2) is 12.7 Å². The van der Waals surface area contributed by atoms with E-state index in [1.807, 2.05) is 0 Å². The van der Waals surface area contributed by atoms with E-state index in [9.17, 15) is 22.8 Å². The smallest absolute Gasteiger partial charge is 0.327 e. The number of fused-ring (bicyclic) bond motifs is 1. The molecule has 146 valence electrons. The Hall–Kier alpha value is -2.42. The van der Waals surface area contributed by atoms with Crippen LogP contribution in [-0.2, 0) is 24.3 Å². The number of carbonyl (C=O) groups is 3. The normalized spacial score (nSPS) is 20.0. The zero-order chi connectivity index (χ0) is 19.6. The molecule has 0 aliphatic carbocycles. The number of amides is 2. The maximum Gasteiger partial charge on any atom is 0.327 e. The average molecular weight is 394 g/mol. The Morgan fingerprint density at radius 1 is 1.11 bits per heavy atom. The van der Waals surface area contributed by atoms with E-state index in [0.29, 0.717) is 17.4 Å². The van der Waals surface area contributed by atoms with Crippen molar-refractivity contribution in [1.82, 2.24) is 9.21 Å². The van der Waals surface area contributed by atoms with Crippen molar-refractivity contribution in [1.29, 1.82) is 0 Å².